The van der Waals surface area contributed by atoms with Crippen LogP contribution in [0.25, 0.3) is 55.8 Å². The number of fused-ring (bicyclic) bond motifs is 3. The second kappa shape index (κ2) is 7.63. The van der Waals surface area contributed by atoms with Crippen LogP contribution < -0.4 is 0 Å². The minimum absolute atomic E-state index is 0.626. The molecule has 152 valence electrons. The van der Waals surface area contributed by atoms with Crippen molar-refractivity contribution in [2.45, 2.75) is 0 Å². The van der Waals surface area contributed by atoms with Crippen molar-refractivity contribution < 1.29 is 4.42 Å². The lowest BCUT2D eigenvalue weighted by atomic mass is 10.1. The molecule has 0 atom stereocenters. The van der Waals surface area contributed by atoms with E-state index < -0.39 is 0 Å². The topological polar surface area (TPSA) is 38.9 Å². The summed E-state index contributed by atoms with van der Waals surface area (Å²) in [5.74, 6) is 0.626. The molecule has 0 aliphatic rings. The molecule has 32 heavy (non-hydrogen) atoms. The lowest BCUT2D eigenvalue weighted by molar-refractivity contribution is 0.669. The van der Waals surface area contributed by atoms with Gasteiger partial charge in [0, 0.05) is 26.9 Å². The molecule has 0 saturated carbocycles. The minimum atomic E-state index is 0.626. The number of furan rings is 1. The van der Waals surface area contributed by atoms with E-state index in [2.05, 4.69) is 24.3 Å². The summed E-state index contributed by atoms with van der Waals surface area (Å²) in [7, 11) is 0. The maximum atomic E-state index is 6.25. The zero-order valence-corrected chi connectivity index (χ0v) is 17.8. The summed E-state index contributed by atoms with van der Waals surface area (Å²) in [6.45, 7) is 0. The highest BCUT2D eigenvalue weighted by Gasteiger charge is 2.16. The van der Waals surface area contributed by atoms with E-state index in [4.69, 9.17) is 26.0 Å². The third-order valence-electron chi connectivity index (χ3n) is 5.58. The van der Waals surface area contributed by atoms with Crippen molar-refractivity contribution in [1.82, 2.24) is 9.97 Å². The van der Waals surface area contributed by atoms with Gasteiger partial charge in [-0.2, -0.15) is 0 Å². The first-order chi connectivity index (χ1) is 15.8. The van der Waals surface area contributed by atoms with E-state index >= 15 is 0 Å². The van der Waals surface area contributed by atoms with Crippen LogP contribution in [0.3, 0.4) is 0 Å². The number of halogens is 1. The lowest BCUT2D eigenvalue weighted by Crippen LogP contribution is -1.96. The van der Waals surface area contributed by atoms with E-state index in [0.717, 1.165) is 50.0 Å². The summed E-state index contributed by atoms with van der Waals surface area (Å²) >= 11 is 6.11. The molecule has 0 aliphatic heterocycles. The van der Waals surface area contributed by atoms with E-state index in [1.165, 1.54) is 0 Å². The first-order valence-corrected chi connectivity index (χ1v) is 10.8. The van der Waals surface area contributed by atoms with Crippen molar-refractivity contribution in [3.63, 3.8) is 0 Å². The molecule has 0 bridgehead atoms. The number of aromatic nitrogens is 2. The Morgan fingerprint density at radius 1 is 0.594 bits per heavy atom. The van der Waals surface area contributed by atoms with Crippen molar-refractivity contribution in [3.05, 3.63) is 108 Å². The van der Waals surface area contributed by atoms with Crippen molar-refractivity contribution in [2.24, 2.45) is 0 Å². The molecule has 0 amide bonds. The zero-order chi connectivity index (χ0) is 21.5. The molecular weight excluding hydrogens is 416 g/mol. The summed E-state index contributed by atoms with van der Waals surface area (Å²) < 4.78 is 6.25. The number of rotatable bonds is 3. The molecule has 3 nitrogen and oxygen atoms in total. The normalized spacial score (nSPS) is 11.3. The molecule has 2 heterocycles. The highest BCUT2D eigenvalue weighted by molar-refractivity contribution is 6.30. The third kappa shape index (κ3) is 3.24. The average Bonchev–Trinajstić information content (AvgIpc) is 3.24. The van der Waals surface area contributed by atoms with Gasteiger partial charge in [0.1, 0.15) is 11.2 Å². The van der Waals surface area contributed by atoms with Gasteiger partial charge in [-0.05, 0) is 30.3 Å². The third-order valence-corrected chi connectivity index (χ3v) is 5.83. The molecular formula is C28H17ClN2O. The highest BCUT2D eigenvalue weighted by Crippen LogP contribution is 2.36. The molecule has 4 aromatic carbocycles. The van der Waals surface area contributed by atoms with Gasteiger partial charge in [0.05, 0.1) is 17.0 Å². The summed E-state index contributed by atoms with van der Waals surface area (Å²) in [5, 5.41) is 2.83. The van der Waals surface area contributed by atoms with Gasteiger partial charge in [-0.15, -0.1) is 0 Å². The van der Waals surface area contributed by atoms with Crippen LogP contribution in [-0.4, -0.2) is 9.97 Å². The lowest BCUT2D eigenvalue weighted by Gasteiger charge is -2.10. The monoisotopic (exact) mass is 432 g/mol. The number of hydrogen-bond acceptors (Lipinski definition) is 3. The zero-order valence-electron chi connectivity index (χ0n) is 17.0. The Bertz CT molecular complexity index is 1570. The number of nitrogens with zero attached hydrogens (tertiary/aromatic N) is 2. The van der Waals surface area contributed by atoms with Crippen LogP contribution in [0.1, 0.15) is 0 Å². The summed E-state index contributed by atoms with van der Waals surface area (Å²) in [6, 6.07) is 34.0. The fraction of sp³-hybridized carbons (Fsp3) is 0. The molecule has 0 fully saturated rings. The fourth-order valence-electron chi connectivity index (χ4n) is 4.02. The standard InChI is InChI=1S/C28H17ClN2O/c29-20-15-13-19(14-16-20)25-17-24(18-7-2-1-3-8-18)30-28(31-25)23-11-6-10-22-21-9-4-5-12-26(21)32-27(22)23/h1-17H. The summed E-state index contributed by atoms with van der Waals surface area (Å²) in [6.07, 6.45) is 0. The molecule has 0 N–H and O–H groups in total. The number of hydrogen-bond donors (Lipinski definition) is 0. The van der Waals surface area contributed by atoms with Crippen LogP contribution in [0.4, 0.5) is 0 Å². The van der Waals surface area contributed by atoms with Gasteiger partial charge in [-0.25, -0.2) is 9.97 Å². The van der Waals surface area contributed by atoms with Crippen LogP contribution in [-0.2, 0) is 0 Å². The minimum Gasteiger partial charge on any atom is -0.455 e. The average molecular weight is 433 g/mol. The molecule has 0 spiro atoms. The quantitative estimate of drug-likeness (QED) is 0.284. The maximum absolute atomic E-state index is 6.25. The molecule has 0 unspecified atom stereocenters. The molecule has 0 saturated heterocycles. The summed E-state index contributed by atoms with van der Waals surface area (Å²) in [4.78, 5) is 9.88. The van der Waals surface area contributed by atoms with Gasteiger partial charge < -0.3 is 4.42 Å². The van der Waals surface area contributed by atoms with Crippen LogP contribution in [0.2, 0.25) is 5.02 Å². The largest absolute Gasteiger partial charge is 0.455 e. The van der Waals surface area contributed by atoms with E-state index in [-0.39, 0.29) is 0 Å². The van der Waals surface area contributed by atoms with Crippen LogP contribution in [0.5, 0.6) is 0 Å². The number of benzene rings is 4. The van der Waals surface area contributed by atoms with Gasteiger partial charge in [-0.3, -0.25) is 0 Å². The Hall–Kier alpha value is -3.95. The fourth-order valence-corrected chi connectivity index (χ4v) is 4.14. The predicted molar refractivity (Wildman–Crippen MR) is 131 cm³/mol. The molecule has 2 aromatic heterocycles. The molecule has 4 heteroatoms. The maximum Gasteiger partial charge on any atom is 0.164 e. The van der Waals surface area contributed by atoms with E-state index in [1.54, 1.807) is 0 Å². The Morgan fingerprint density at radius 2 is 1.25 bits per heavy atom. The van der Waals surface area contributed by atoms with Crippen molar-refractivity contribution >= 4 is 33.5 Å². The van der Waals surface area contributed by atoms with E-state index in [0.29, 0.717) is 10.8 Å². The SMILES string of the molecule is Clc1ccc(-c2cc(-c3ccccc3)nc(-c3cccc4c3oc3ccccc34)n2)cc1. The summed E-state index contributed by atoms with van der Waals surface area (Å²) in [5.41, 5.74) is 6.21. The van der Waals surface area contributed by atoms with Gasteiger partial charge in [0.15, 0.2) is 5.82 Å². The molecule has 0 radical (unpaired) electrons. The molecule has 6 aromatic rings. The second-order valence-electron chi connectivity index (χ2n) is 7.62. The first kappa shape index (κ1) is 18.8. The molecule has 6 rings (SSSR count). The smallest absolute Gasteiger partial charge is 0.164 e. The number of para-hydroxylation sites is 2. The Labute approximate surface area is 190 Å². The van der Waals surface area contributed by atoms with Crippen LogP contribution in [0.15, 0.2) is 108 Å². The van der Waals surface area contributed by atoms with E-state index in [9.17, 15) is 0 Å². The highest BCUT2D eigenvalue weighted by atomic mass is 35.5. The van der Waals surface area contributed by atoms with Gasteiger partial charge in [0.25, 0.3) is 0 Å². The predicted octanol–water partition coefficient (Wildman–Crippen LogP) is 8.03. The van der Waals surface area contributed by atoms with Gasteiger partial charge >= 0.3 is 0 Å². The Morgan fingerprint density at radius 3 is 2.03 bits per heavy atom. The Balaban J connectivity index is 1.62. The van der Waals surface area contributed by atoms with Gasteiger partial charge in [0.2, 0.25) is 0 Å². The van der Waals surface area contributed by atoms with Crippen molar-refractivity contribution in [3.8, 4) is 33.9 Å². The van der Waals surface area contributed by atoms with E-state index in [1.807, 2.05) is 78.9 Å². The first-order valence-electron chi connectivity index (χ1n) is 10.4. The van der Waals surface area contributed by atoms with Crippen LogP contribution >= 0.6 is 11.6 Å². The van der Waals surface area contributed by atoms with Crippen molar-refractivity contribution in [2.75, 3.05) is 0 Å². The van der Waals surface area contributed by atoms with Crippen molar-refractivity contribution in [1.29, 1.82) is 0 Å². The Kier molecular flexibility index (Phi) is 4.48. The van der Waals surface area contributed by atoms with Gasteiger partial charge in [-0.1, -0.05) is 84.4 Å². The second-order valence-corrected chi connectivity index (χ2v) is 8.05. The molecule has 0 aliphatic carbocycles. The van der Waals surface area contributed by atoms with Crippen LogP contribution in [0, 0.1) is 0 Å².